The molecule has 1 aliphatic heterocycles. The van der Waals surface area contributed by atoms with Crippen LogP contribution in [-0.4, -0.2) is 28.4 Å². The van der Waals surface area contributed by atoms with E-state index in [0.717, 1.165) is 24.2 Å². The molecule has 1 heterocycles. The summed E-state index contributed by atoms with van der Waals surface area (Å²) < 4.78 is 0. The van der Waals surface area contributed by atoms with E-state index in [4.69, 9.17) is 0 Å². The van der Waals surface area contributed by atoms with Crippen molar-refractivity contribution in [2.75, 3.05) is 11.4 Å². The van der Waals surface area contributed by atoms with Crippen molar-refractivity contribution in [1.82, 2.24) is 0 Å². The minimum absolute atomic E-state index is 0.0919. The molecule has 2 N–H and O–H groups in total. The first-order chi connectivity index (χ1) is 7.43. The largest absolute Gasteiger partial charge is 0.508 e. The Morgan fingerprint density at radius 3 is 2.69 bits per heavy atom. The third-order valence-electron chi connectivity index (χ3n) is 3.32. The van der Waals surface area contributed by atoms with E-state index in [0.29, 0.717) is 5.75 Å². The Morgan fingerprint density at radius 1 is 1.44 bits per heavy atom. The smallest absolute Gasteiger partial charge is 0.116 e. The lowest BCUT2D eigenvalue weighted by Crippen LogP contribution is -2.47. The van der Waals surface area contributed by atoms with Gasteiger partial charge >= 0.3 is 0 Å². The van der Waals surface area contributed by atoms with Gasteiger partial charge in [-0.1, -0.05) is 0 Å². The summed E-state index contributed by atoms with van der Waals surface area (Å²) in [6.07, 6.45) is 0.793. The molecule has 1 aliphatic rings. The zero-order chi connectivity index (χ0) is 11.9. The molecule has 1 aromatic carbocycles. The van der Waals surface area contributed by atoms with Crippen molar-refractivity contribution in [3.8, 4) is 5.75 Å². The number of nitrogens with zero attached hydrogens (tertiary/aromatic N) is 1. The van der Waals surface area contributed by atoms with Crippen molar-refractivity contribution in [2.45, 2.75) is 38.8 Å². The fourth-order valence-corrected chi connectivity index (χ4v) is 2.52. The highest BCUT2D eigenvalue weighted by molar-refractivity contribution is 5.62. The molecule has 0 radical (unpaired) electrons. The van der Waals surface area contributed by atoms with Gasteiger partial charge in [0.15, 0.2) is 0 Å². The van der Waals surface area contributed by atoms with E-state index in [-0.39, 0.29) is 6.04 Å². The van der Waals surface area contributed by atoms with Crippen LogP contribution in [0.25, 0.3) is 0 Å². The van der Waals surface area contributed by atoms with Crippen LogP contribution in [0.1, 0.15) is 26.3 Å². The van der Waals surface area contributed by atoms with E-state index in [1.165, 1.54) is 0 Å². The summed E-state index contributed by atoms with van der Waals surface area (Å²) in [5.74, 6) is 0.297. The van der Waals surface area contributed by atoms with Gasteiger partial charge in [0.2, 0.25) is 0 Å². The van der Waals surface area contributed by atoms with Gasteiger partial charge in [0.05, 0.1) is 11.6 Å². The molecule has 3 nitrogen and oxygen atoms in total. The molecule has 0 saturated heterocycles. The van der Waals surface area contributed by atoms with E-state index >= 15 is 0 Å². The molecule has 0 bridgehead atoms. The number of rotatable bonds is 2. The molecule has 3 heteroatoms. The first kappa shape index (κ1) is 11.3. The molecule has 88 valence electrons. The van der Waals surface area contributed by atoms with Crippen molar-refractivity contribution in [3.63, 3.8) is 0 Å². The summed E-state index contributed by atoms with van der Waals surface area (Å²) in [7, 11) is 0. The number of phenols is 1. The Labute approximate surface area is 96.3 Å². The third-order valence-corrected chi connectivity index (χ3v) is 3.32. The Kier molecular flexibility index (Phi) is 2.58. The Bertz CT molecular complexity index is 395. The number of phenolic OH excluding ortho intramolecular Hbond substituents is 1. The number of aliphatic hydroxyl groups is 1. The van der Waals surface area contributed by atoms with E-state index < -0.39 is 5.60 Å². The predicted octanol–water partition coefficient (Wildman–Crippen LogP) is 1.91. The normalized spacial score (nSPS) is 20.0. The van der Waals surface area contributed by atoms with Crippen molar-refractivity contribution in [1.29, 1.82) is 0 Å². The lowest BCUT2D eigenvalue weighted by molar-refractivity contribution is 0.0520. The molecule has 0 fully saturated rings. The van der Waals surface area contributed by atoms with Crippen LogP contribution < -0.4 is 4.90 Å². The molecule has 0 aliphatic carbocycles. The van der Waals surface area contributed by atoms with Crippen molar-refractivity contribution >= 4 is 5.69 Å². The lowest BCUT2D eigenvalue weighted by atomic mass is 9.95. The number of benzene rings is 1. The second-order valence-electron chi connectivity index (χ2n) is 4.97. The Morgan fingerprint density at radius 2 is 2.12 bits per heavy atom. The lowest BCUT2D eigenvalue weighted by Gasteiger charge is -2.34. The second-order valence-corrected chi connectivity index (χ2v) is 4.97. The summed E-state index contributed by atoms with van der Waals surface area (Å²) in [5, 5.41) is 19.6. The van der Waals surface area contributed by atoms with Crippen LogP contribution >= 0.6 is 0 Å². The van der Waals surface area contributed by atoms with E-state index in [9.17, 15) is 10.2 Å². The van der Waals surface area contributed by atoms with Crippen LogP contribution in [-0.2, 0) is 6.42 Å². The van der Waals surface area contributed by atoms with Gasteiger partial charge in [-0.05, 0) is 51.0 Å². The minimum atomic E-state index is -0.731. The van der Waals surface area contributed by atoms with Crippen molar-refractivity contribution in [2.24, 2.45) is 0 Å². The van der Waals surface area contributed by atoms with Gasteiger partial charge in [-0.3, -0.25) is 0 Å². The van der Waals surface area contributed by atoms with Gasteiger partial charge in [-0.2, -0.15) is 0 Å². The molecular formula is C13H19NO2. The second kappa shape index (κ2) is 3.67. The quantitative estimate of drug-likeness (QED) is 0.801. The van der Waals surface area contributed by atoms with Crippen LogP contribution in [0.2, 0.25) is 0 Å². The molecule has 0 spiro atoms. The van der Waals surface area contributed by atoms with Gasteiger partial charge in [0, 0.05) is 12.2 Å². The average Bonchev–Trinajstić information content (AvgIpc) is 2.54. The average molecular weight is 221 g/mol. The first-order valence-corrected chi connectivity index (χ1v) is 5.74. The third kappa shape index (κ3) is 1.76. The summed E-state index contributed by atoms with van der Waals surface area (Å²) in [5.41, 5.74) is 1.52. The number of fused-ring (bicyclic) bond motifs is 1. The van der Waals surface area contributed by atoms with Gasteiger partial charge in [-0.15, -0.1) is 0 Å². The molecule has 0 aromatic heterocycles. The summed E-state index contributed by atoms with van der Waals surface area (Å²) in [4.78, 5) is 2.20. The highest BCUT2D eigenvalue weighted by atomic mass is 16.3. The van der Waals surface area contributed by atoms with E-state index in [2.05, 4.69) is 11.8 Å². The van der Waals surface area contributed by atoms with Gasteiger partial charge in [-0.25, -0.2) is 0 Å². The maximum Gasteiger partial charge on any atom is 0.116 e. The minimum Gasteiger partial charge on any atom is -0.508 e. The summed E-state index contributed by atoms with van der Waals surface area (Å²) in [6, 6.07) is 5.52. The SMILES string of the molecule is CCN1c2ccc(O)cc2CC1C(C)(C)O. The van der Waals surface area contributed by atoms with Gasteiger partial charge < -0.3 is 15.1 Å². The molecule has 1 aromatic rings. The zero-order valence-corrected chi connectivity index (χ0v) is 10.1. The Balaban J connectivity index is 2.40. The highest BCUT2D eigenvalue weighted by Gasteiger charge is 2.37. The molecule has 0 saturated carbocycles. The van der Waals surface area contributed by atoms with Gasteiger partial charge in [0.1, 0.15) is 5.75 Å². The van der Waals surface area contributed by atoms with Crippen LogP contribution in [0.5, 0.6) is 5.75 Å². The van der Waals surface area contributed by atoms with E-state index in [1.54, 1.807) is 12.1 Å². The number of hydrogen-bond donors (Lipinski definition) is 2. The zero-order valence-electron chi connectivity index (χ0n) is 10.1. The standard InChI is InChI=1S/C13H19NO2/c1-4-14-11-6-5-10(15)7-9(11)8-12(14)13(2,3)16/h5-7,12,15-16H,4,8H2,1-3H3. The molecule has 2 rings (SSSR count). The molecule has 1 atom stereocenters. The molecule has 16 heavy (non-hydrogen) atoms. The molecular weight excluding hydrogens is 202 g/mol. The number of hydrogen-bond acceptors (Lipinski definition) is 3. The van der Waals surface area contributed by atoms with Crippen LogP contribution in [0.3, 0.4) is 0 Å². The fourth-order valence-electron chi connectivity index (χ4n) is 2.52. The van der Waals surface area contributed by atoms with Crippen molar-refractivity contribution in [3.05, 3.63) is 23.8 Å². The maximum atomic E-state index is 10.2. The highest BCUT2D eigenvalue weighted by Crippen LogP contribution is 2.37. The maximum absolute atomic E-state index is 10.2. The molecule has 0 amide bonds. The monoisotopic (exact) mass is 221 g/mol. The Hall–Kier alpha value is -1.22. The summed E-state index contributed by atoms with van der Waals surface area (Å²) in [6.45, 7) is 6.63. The number of aromatic hydroxyl groups is 1. The summed E-state index contributed by atoms with van der Waals surface area (Å²) >= 11 is 0. The van der Waals surface area contributed by atoms with Crippen LogP contribution in [0, 0.1) is 0 Å². The number of anilines is 1. The fraction of sp³-hybridized carbons (Fsp3) is 0.538. The van der Waals surface area contributed by atoms with E-state index in [1.807, 2.05) is 19.9 Å². The van der Waals surface area contributed by atoms with Gasteiger partial charge in [0.25, 0.3) is 0 Å². The predicted molar refractivity (Wildman–Crippen MR) is 64.9 cm³/mol. The van der Waals surface area contributed by atoms with Crippen molar-refractivity contribution < 1.29 is 10.2 Å². The van der Waals surface area contributed by atoms with Crippen LogP contribution in [0.4, 0.5) is 5.69 Å². The topological polar surface area (TPSA) is 43.7 Å². The van der Waals surface area contributed by atoms with Crippen LogP contribution in [0.15, 0.2) is 18.2 Å². The number of likely N-dealkylation sites (N-methyl/N-ethyl adjacent to an activating group) is 1. The first-order valence-electron chi connectivity index (χ1n) is 5.74. The molecule has 1 unspecified atom stereocenters.